The van der Waals surface area contributed by atoms with E-state index in [-0.39, 0.29) is 12.3 Å². The van der Waals surface area contributed by atoms with Crippen molar-refractivity contribution in [3.8, 4) is 0 Å². The molecule has 72 valence electrons. The lowest BCUT2D eigenvalue weighted by atomic mass is 10.0. The fraction of sp³-hybridized carbons (Fsp3) is 0.556. The van der Waals surface area contributed by atoms with Crippen LogP contribution in [0.2, 0.25) is 0 Å². The summed E-state index contributed by atoms with van der Waals surface area (Å²) >= 11 is 0. The van der Waals surface area contributed by atoms with E-state index in [1.54, 1.807) is 7.11 Å². The number of nitrogens with one attached hydrogen (secondary N) is 1. The van der Waals surface area contributed by atoms with E-state index in [1.807, 2.05) is 12.2 Å². The molecule has 2 rings (SSSR count). The first-order chi connectivity index (χ1) is 6.29. The standard InChI is InChI=1S/C9H14N2O2/c1-12-9-5-13-8-4-6(10)2-3-7(8)11-9/h2,4,7,9,11H,3,5,10H2,1H3/t7?,9-/m0/s1. The van der Waals surface area contributed by atoms with Gasteiger partial charge in [-0.3, -0.25) is 5.32 Å². The molecule has 0 radical (unpaired) electrons. The number of hydrogen-bond acceptors (Lipinski definition) is 4. The summed E-state index contributed by atoms with van der Waals surface area (Å²) in [5.74, 6) is 0.924. The van der Waals surface area contributed by atoms with Gasteiger partial charge in [0.1, 0.15) is 18.6 Å². The minimum atomic E-state index is -0.00475. The largest absolute Gasteiger partial charge is 0.492 e. The lowest BCUT2D eigenvalue weighted by molar-refractivity contribution is -0.0290. The lowest BCUT2D eigenvalue weighted by Gasteiger charge is -2.33. The summed E-state index contributed by atoms with van der Waals surface area (Å²) in [6, 6.07) is 0.228. The molecule has 1 aliphatic heterocycles. The maximum Gasteiger partial charge on any atom is 0.142 e. The molecule has 4 nitrogen and oxygen atoms in total. The van der Waals surface area contributed by atoms with Crippen LogP contribution in [0.4, 0.5) is 0 Å². The fourth-order valence-electron chi connectivity index (χ4n) is 1.57. The smallest absolute Gasteiger partial charge is 0.142 e. The SMILES string of the molecule is CO[C@H]1COC2=CC(N)=CCC2N1. The van der Waals surface area contributed by atoms with E-state index >= 15 is 0 Å². The molecule has 0 aromatic heterocycles. The third kappa shape index (κ3) is 1.68. The zero-order valence-corrected chi connectivity index (χ0v) is 7.62. The van der Waals surface area contributed by atoms with Gasteiger partial charge in [0.05, 0.1) is 6.04 Å². The van der Waals surface area contributed by atoms with Crippen LogP contribution in [0.15, 0.2) is 23.6 Å². The third-order valence-electron chi connectivity index (χ3n) is 2.31. The Hall–Kier alpha value is -1.00. The molecular formula is C9H14N2O2. The average Bonchev–Trinajstić information content (AvgIpc) is 2.17. The number of allylic oxidation sites excluding steroid dienone is 1. The summed E-state index contributed by atoms with van der Waals surface area (Å²) in [5, 5.41) is 3.31. The van der Waals surface area contributed by atoms with Crippen LogP contribution in [-0.4, -0.2) is 26.0 Å². The Bertz CT molecular complexity index is 260. The van der Waals surface area contributed by atoms with Crippen LogP contribution in [0.25, 0.3) is 0 Å². The molecule has 1 unspecified atom stereocenters. The van der Waals surface area contributed by atoms with Crippen molar-refractivity contribution in [3.63, 3.8) is 0 Å². The maximum atomic E-state index is 5.65. The highest BCUT2D eigenvalue weighted by Crippen LogP contribution is 2.21. The minimum absolute atomic E-state index is 0.00475. The molecule has 1 fully saturated rings. The number of ether oxygens (including phenoxy) is 2. The Labute approximate surface area is 77.4 Å². The number of fused-ring (bicyclic) bond motifs is 1. The molecule has 1 saturated heterocycles. The van der Waals surface area contributed by atoms with Crippen molar-refractivity contribution in [2.24, 2.45) is 5.73 Å². The highest BCUT2D eigenvalue weighted by atomic mass is 16.5. The van der Waals surface area contributed by atoms with Gasteiger partial charge in [-0.1, -0.05) is 6.08 Å². The van der Waals surface area contributed by atoms with Crippen molar-refractivity contribution in [1.82, 2.24) is 5.32 Å². The van der Waals surface area contributed by atoms with Crippen LogP contribution in [0.3, 0.4) is 0 Å². The maximum absolute atomic E-state index is 5.65. The molecule has 1 heterocycles. The first-order valence-electron chi connectivity index (χ1n) is 4.38. The third-order valence-corrected chi connectivity index (χ3v) is 2.31. The fourth-order valence-corrected chi connectivity index (χ4v) is 1.57. The van der Waals surface area contributed by atoms with Gasteiger partial charge in [0.15, 0.2) is 0 Å². The molecule has 0 saturated carbocycles. The summed E-state index contributed by atoms with van der Waals surface area (Å²) in [6.07, 6.45) is 4.72. The van der Waals surface area contributed by atoms with Gasteiger partial charge in [-0.15, -0.1) is 0 Å². The van der Waals surface area contributed by atoms with E-state index in [2.05, 4.69) is 5.32 Å². The molecule has 13 heavy (non-hydrogen) atoms. The Morgan fingerprint density at radius 1 is 1.69 bits per heavy atom. The molecule has 0 spiro atoms. The highest BCUT2D eigenvalue weighted by molar-refractivity contribution is 5.27. The molecule has 2 aliphatic rings. The predicted molar refractivity (Wildman–Crippen MR) is 48.6 cm³/mol. The molecule has 4 heteroatoms. The second-order valence-electron chi connectivity index (χ2n) is 3.24. The van der Waals surface area contributed by atoms with Crippen molar-refractivity contribution in [2.75, 3.05) is 13.7 Å². The molecule has 3 N–H and O–H groups in total. The summed E-state index contributed by atoms with van der Waals surface area (Å²) < 4.78 is 10.7. The number of nitrogens with two attached hydrogens (primary N) is 1. The number of hydrogen-bond donors (Lipinski definition) is 2. The van der Waals surface area contributed by atoms with Gasteiger partial charge in [0.2, 0.25) is 0 Å². The van der Waals surface area contributed by atoms with Crippen LogP contribution in [0.5, 0.6) is 0 Å². The molecule has 1 aliphatic carbocycles. The lowest BCUT2D eigenvalue weighted by Crippen LogP contribution is -2.49. The highest BCUT2D eigenvalue weighted by Gasteiger charge is 2.27. The number of morpholine rings is 1. The Morgan fingerprint density at radius 2 is 2.54 bits per heavy atom. The van der Waals surface area contributed by atoms with Gasteiger partial charge < -0.3 is 15.2 Å². The molecule has 2 atom stereocenters. The van der Waals surface area contributed by atoms with E-state index in [9.17, 15) is 0 Å². The predicted octanol–water partition coefficient (Wildman–Crippen LogP) is 0.0775. The summed E-state index contributed by atoms with van der Waals surface area (Å²) in [7, 11) is 1.67. The van der Waals surface area contributed by atoms with Crippen LogP contribution in [0, 0.1) is 0 Å². The summed E-state index contributed by atoms with van der Waals surface area (Å²) in [4.78, 5) is 0. The number of methoxy groups -OCH3 is 1. The van der Waals surface area contributed by atoms with Gasteiger partial charge in [0, 0.05) is 18.9 Å². The van der Waals surface area contributed by atoms with E-state index in [4.69, 9.17) is 15.2 Å². The first-order valence-corrected chi connectivity index (χ1v) is 4.38. The first kappa shape index (κ1) is 8.59. The van der Waals surface area contributed by atoms with Gasteiger partial charge in [-0.25, -0.2) is 0 Å². The van der Waals surface area contributed by atoms with Crippen LogP contribution >= 0.6 is 0 Å². The monoisotopic (exact) mass is 182 g/mol. The van der Waals surface area contributed by atoms with Crippen molar-refractivity contribution in [1.29, 1.82) is 0 Å². The molecule has 0 aromatic carbocycles. The van der Waals surface area contributed by atoms with E-state index in [0.29, 0.717) is 6.61 Å². The second-order valence-corrected chi connectivity index (χ2v) is 3.24. The van der Waals surface area contributed by atoms with E-state index < -0.39 is 0 Å². The topological polar surface area (TPSA) is 56.5 Å². The van der Waals surface area contributed by atoms with Crippen LogP contribution in [0.1, 0.15) is 6.42 Å². The van der Waals surface area contributed by atoms with Crippen molar-refractivity contribution >= 4 is 0 Å². The van der Waals surface area contributed by atoms with Gasteiger partial charge in [-0.05, 0) is 6.42 Å². The van der Waals surface area contributed by atoms with Gasteiger partial charge >= 0.3 is 0 Å². The normalized spacial score (nSPS) is 32.7. The van der Waals surface area contributed by atoms with Crippen molar-refractivity contribution in [3.05, 3.63) is 23.6 Å². The zero-order valence-electron chi connectivity index (χ0n) is 7.62. The van der Waals surface area contributed by atoms with E-state index in [0.717, 1.165) is 17.9 Å². The zero-order chi connectivity index (χ0) is 9.26. The van der Waals surface area contributed by atoms with Crippen molar-refractivity contribution in [2.45, 2.75) is 18.7 Å². The van der Waals surface area contributed by atoms with E-state index in [1.165, 1.54) is 0 Å². The molecule has 0 amide bonds. The number of rotatable bonds is 1. The van der Waals surface area contributed by atoms with Crippen LogP contribution < -0.4 is 11.1 Å². The average molecular weight is 182 g/mol. The van der Waals surface area contributed by atoms with Crippen LogP contribution in [-0.2, 0) is 9.47 Å². The van der Waals surface area contributed by atoms with Gasteiger partial charge in [-0.2, -0.15) is 0 Å². The molecule has 0 aromatic rings. The van der Waals surface area contributed by atoms with Gasteiger partial charge in [0.25, 0.3) is 0 Å². The Morgan fingerprint density at radius 3 is 3.31 bits per heavy atom. The Balaban J connectivity index is 2.06. The molecule has 0 bridgehead atoms. The van der Waals surface area contributed by atoms with Crippen molar-refractivity contribution < 1.29 is 9.47 Å². The summed E-state index contributed by atoms with van der Waals surface area (Å²) in [5.41, 5.74) is 6.44. The quantitative estimate of drug-likeness (QED) is 0.603. The summed E-state index contributed by atoms with van der Waals surface area (Å²) in [6.45, 7) is 0.548. The second kappa shape index (κ2) is 3.40. The minimum Gasteiger partial charge on any atom is -0.492 e. The molecular weight excluding hydrogens is 168 g/mol. The Kier molecular flexibility index (Phi) is 2.24.